The van der Waals surface area contributed by atoms with Crippen LogP contribution in [0.1, 0.15) is 13.8 Å². The molecule has 0 saturated heterocycles. The summed E-state index contributed by atoms with van der Waals surface area (Å²) in [5, 5.41) is 35.2. The molecule has 0 fully saturated rings. The molecule has 100 valence electrons. The zero-order valence-electron chi connectivity index (χ0n) is 9.74. The molecule has 0 rings (SSSR count). The Morgan fingerprint density at radius 3 is 1.47 bits per heavy atom. The van der Waals surface area contributed by atoms with Gasteiger partial charge in [0.25, 0.3) is 0 Å². The van der Waals surface area contributed by atoms with Crippen molar-refractivity contribution < 1.29 is 34.8 Å². The van der Waals surface area contributed by atoms with Gasteiger partial charge in [0.15, 0.2) is 11.6 Å². The highest BCUT2D eigenvalue weighted by Crippen LogP contribution is 2.05. The van der Waals surface area contributed by atoms with Gasteiger partial charge in [-0.3, -0.25) is 9.59 Å². The van der Waals surface area contributed by atoms with Gasteiger partial charge in [0, 0.05) is 0 Å². The van der Waals surface area contributed by atoms with E-state index in [2.05, 4.69) is 0 Å². The van der Waals surface area contributed by atoms with Gasteiger partial charge in [-0.1, -0.05) is 0 Å². The fourth-order valence-corrected chi connectivity index (χ4v) is 1.16. The van der Waals surface area contributed by atoms with Crippen molar-refractivity contribution in [2.24, 2.45) is 0 Å². The topological polar surface area (TPSA) is 124 Å². The Hall–Kier alpha value is -0.860. The average molecular weight is 250 g/mol. The summed E-state index contributed by atoms with van der Waals surface area (Å²) in [4.78, 5) is 22.6. The molecule has 0 spiro atoms. The minimum atomic E-state index is -1.56. The van der Waals surface area contributed by atoms with Gasteiger partial charge in [-0.15, -0.1) is 0 Å². The highest BCUT2D eigenvalue weighted by Gasteiger charge is 2.28. The maximum Gasteiger partial charge on any atom is 0.191 e. The third-order valence-electron chi connectivity index (χ3n) is 2.21. The van der Waals surface area contributed by atoms with E-state index in [4.69, 9.17) is 25.2 Å². The van der Waals surface area contributed by atoms with Crippen molar-refractivity contribution in [2.75, 3.05) is 13.2 Å². The van der Waals surface area contributed by atoms with Crippen LogP contribution in [-0.4, -0.2) is 69.6 Å². The Bertz CT molecular complexity index is 239. The van der Waals surface area contributed by atoms with Crippen LogP contribution in [0.15, 0.2) is 0 Å². The number of aliphatic hydroxyl groups is 4. The first kappa shape index (κ1) is 16.1. The number of rotatable bonds is 8. The minimum Gasteiger partial charge on any atom is -0.393 e. The quantitative estimate of drug-likeness (QED) is 0.379. The second kappa shape index (κ2) is 7.46. The second-order valence-electron chi connectivity index (χ2n) is 3.62. The molecule has 0 aromatic heterocycles. The second-order valence-corrected chi connectivity index (χ2v) is 3.62. The van der Waals surface area contributed by atoms with Crippen LogP contribution in [-0.2, 0) is 14.3 Å². The molecule has 0 radical (unpaired) electrons. The first-order valence-corrected chi connectivity index (χ1v) is 5.15. The van der Waals surface area contributed by atoms with Crippen LogP contribution in [0.5, 0.6) is 0 Å². The van der Waals surface area contributed by atoms with Gasteiger partial charge in [-0.2, -0.15) is 0 Å². The van der Waals surface area contributed by atoms with Gasteiger partial charge in [0.1, 0.15) is 24.4 Å². The van der Waals surface area contributed by atoms with E-state index < -0.39 is 49.2 Å². The number of aliphatic hydroxyl groups excluding tert-OH is 4. The van der Waals surface area contributed by atoms with E-state index in [1.807, 2.05) is 0 Å². The number of hydrogen-bond donors (Lipinski definition) is 4. The summed E-state index contributed by atoms with van der Waals surface area (Å²) >= 11 is 0. The molecule has 0 aliphatic carbocycles. The van der Waals surface area contributed by atoms with Crippen LogP contribution >= 0.6 is 0 Å². The maximum absolute atomic E-state index is 11.3. The van der Waals surface area contributed by atoms with Gasteiger partial charge >= 0.3 is 0 Å². The lowest BCUT2D eigenvalue weighted by Gasteiger charge is -2.20. The Morgan fingerprint density at radius 1 is 0.941 bits per heavy atom. The van der Waals surface area contributed by atoms with Gasteiger partial charge in [0.05, 0.1) is 13.2 Å². The van der Waals surface area contributed by atoms with Gasteiger partial charge in [0.2, 0.25) is 0 Å². The molecular formula is C10H18O7. The Morgan fingerprint density at radius 2 is 1.24 bits per heavy atom. The molecule has 0 aromatic carbocycles. The Kier molecular flexibility index (Phi) is 7.09. The van der Waals surface area contributed by atoms with Crippen LogP contribution in [0, 0.1) is 0 Å². The fourth-order valence-electron chi connectivity index (χ4n) is 1.16. The molecular weight excluding hydrogens is 232 g/mol. The number of carbonyl (C=O) groups is 2. The zero-order chi connectivity index (χ0) is 13.6. The number of hydrogen-bond acceptors (Lipinski definition) is 7. The van der Waals surface area contributed by atoms with E-state index in [1.165, 1.54) is 13.8 Å². The smallest absolute Gasteiger partial charge is 0.191 e. The predicted octanol–water partition coefficient (Wildman–Crippen LogP) is -2.38. The highest BCUT2D eigenvalue weighted by atomic mass is 16.5. The number of ketones is 2. The molecule has 4 unspecified atom stereocenters. The standard InChI is InChI=1S/C10H18O7/c1-5(9(15)7(13)3-11)17-6(2)10(16)8(14)4-12/h5-8,11-14H,3-4H2,1-2H3. The third-order valence-corrected chi connectivity index (χ3v) is 2.21. The Balaban J connectivity index is 4.34. The van der Waals surface area contributed by atoms with Crippen molar-refractivity contribution in [1.29, 1.82) is 0 Å². The van der Waals surface area contributed by atoms with E-state index >= 15 is 0 Å². The van der Waals surface area contributed by atoms with E-state index in [1.54, 1.807) is 0 Å². The van der Waals surface area contributed by atoms with Crippen LogP contribution < -0.4 is 0 Å². The lowest BCUT2D eigenvalue weighted by molar-refractivity contribution is -0.152. The SMILES string of the molecule is CC(OC(C)C(=O)C(O)CO)C(=O)C(O)CO. The molecule has 4 atom stereocenters. The van der Waals surface area contributed by atoms with Crippen molar-refractivity contribution >= 4 is 11.6 Å². The van der Waals surface area contributed by atoms with E-state index in [9.17, 15) is 9.59 Å². The molecule has 4 N–H and O–H groups in total. The molecule has 0 amide bonds. The molecule has 17 heavy (non-hydrogen) atoms. The summed E-state index contributed by atoms with van der Waals surface area (Å²) in [5.41, 5.74) is 0. The van der Waals surface area contributed by atoms with Crippen molar-refractivity contribution in [3.8, 4) is 0 Å². The maximum atomic E-state index is 11.3. The van der Waals surface area contributed by atoms with Gasteiger partial charge in [-0.05, 0) is 13.8 Å². The van der Waals surface area contributed by atoms with E-state index in [-0.39, 0.29) is 0 Å². The minimum absolute atomic E-state index is 0.728. The normalized spacial score (nSPS) is 18.2. The van der Waals surface area contributed by atoms with Crippen LogP contribution in [0.25, 0.3) is 0 Å². The predicted molar refractivity (Wildman–Crippen MR) is 56.2 cm³/mol. The monoisotopic (exact) mass is 250 g/mol. The van der Waals surface area contributed by atoms with Crippen molar-refractivity contribution in [2.45, 2.75) is 38.3 Å². The summed E-state index contributed by atoms with van der Waals surface area (Å²) in [7, 11) is 0. The van der Waals surface area contributed by atoms with Crippen molar-refractivity contribution in [3.63, 3.8) is 0 Å². The molecule has 0 aliphatic rings. The summed E-state index contributed by atoms with van der Waals surface area (Å²) in [6.45, 7) is 1.18. The lowest BCUT2D eigenvalue weighted by atomic mass is 10.1. The van der Waals surface area contributed by atoms with Gasteiger partial charge < -0.3 is 25.2 Å². The van der Waals surface area contributed by atoms with Crippen molar-refractivity contribution in [1.82, 2.24) is 0 Å². The fraction of sp³-hybridized carbons (Fsp3) is 0.800. The molecule has 7 heteroatoms. The van der Waals surface area contributed by atoms with Crippen LogP contribution in [0.3, 0.4) is 0 Å². The summed E-state index contributed by atoms with van der Waals surface area (Å²) in [5.74, 6) is -1.52. The first-order chi connectivity index (χ1) is 7.84. The number of Topliss-reactive ketones (excluding diaryl/α,β-unsaturated/α-hetero) is 2. The molecule has 0 aliphatic heterocycles. The zero-order valence-corrected chi connectivity index (χ0v) is 9.74. The largest absolute Gasteiger partial charge is 0.393 e. The van der Waals surface area contributed by atoms with E-state index in [0.29, 0.717) is 0 Å². The molecule has 0 heterocycles. The van der Waals surface area contributed by atoms with Crippen molar-refractivity contribution in [3.05, 3.63) is 0 Å². The summed E-state index contributed by atoms with van der Waals surface area (Å²) in [6.07, 6.45) is -5.31. The number of carbonyl (C=O) groups excluding carboxylic acids is 2. The van der Waals surface area contributed by atoms with Crippen LogP contribution in [0.2, 0.25) is 0 Å². The lowest BCUT2D eigenvalue weighted by Crippen LogP contribution is -2.41. The van der Waals surface area contributed by atoms with Crippen LogP contribution in [0.4, 0.5) is 0 Å². The molecule has 0 bridgehead atoms. The molecule has 0 saturated carbocycles. The number of ether oxygens (including phenoxy) is 1. The summed E-state index contributed by atoms with van der Waals surface area (Å²) < 4.78 is 4.98. The Labute approximate surface area is 98.6 Å². The van der Waals surface area contributed by atoms with E-state index in [0.717, 1.165) is 0 Å². The average Bonchev–Trinajstić information content (AvgIpc) is 2.34. The first-order valence-electron chi connectivity index (χ1n) is 5.15. The third kappa shape index (κ3) is 4.88. The summed E-state index contributed by atoms with van der Waals surface area (Å²) in [6, 6.07) is 0. The molecule has 7 nitrogen and oxygen atoms in total. The molecule has 0 aromatic rings. The van der Waals surface area contributed by atoms with Gasteiger partial charge in [-0.25, -0.2) is 0 Å². The highest BCUT2D eigenvalue weighted by molar-refractivity contribution is 5.89.